The number of amides is 1. The van der Waals surface area contributed by atoms with Crippen LogP contribution in [0.2, 0.25) is 5.02 Å². The minimum Gasteiger partial charge on any atom is -0.491 e. The van der Waals surface area contributed by atoms with E-state index in [0.29, 0.717) is 29.8 Å². The third-order valence-electron chi connectivity index (χ3n) is 3.97. The minimum absolute atomic E-state index is 0.0125. The molecule has 0 aromatic heterocycles. The number of carbonyl (C=O) groups excluding carboxylic acids is 1. The second-order valence-electron chi connectivity index (χ2n) is 6.12. The molecule has 1 aromatic carbocycles. The van der Waals surface area contributed by atoms with Crippen molar-refractivity contribution in [3.63, 3.8) is 0 Å². The van der Waals surface area contributed by atoms with Gasteiger partial charge in [-0.2, -0.15) is 0 Å². The number of hydrogen-bond donors (Lipinski definition) is 2. The van der Waals surface area contributed by atoms with Crippen LogP contribution >= 0.6 is 11.6 Å². The summed E-state index contributed by atoms with van der Waals surface area (Å²) in [7, 11) is 0. The van der Waals surface area contributed by atoms with Gasteiger partial charge in [-0.1, -0.05) is 11.6 Å². The number of likely N-dealkylation sites (tertiary alicyclic amines) is 1. The fraction of sp³-hybridized carbons (Fsp3) is 0.588. The van der Waals surface area contributed by atoms with Crippen LogP contribution in [0.3, 0.4) is 0 Å². The molecule has 0 bridgehead atoms. The first-order valence-electron chi connectivity index (χ1n) is 8.06. The van der Waals surface area contributed by atoms with Crippen LogP contribution in [0.15, 0.2) is 24.3 Å². The lowest BCUT2D eigenvalue weighted by molar-refractivity contribution is -0.119. The fourth-order valence-corrected chi connectivity index (χ4v) is 2.97. The summed E-state index contributed by atoms with van der Waals surface area (Å²) in [5.41, 5.74) is 0. The van der Waals surface area contributed by atoms with E-state index in [4.69, 9.17) is 16.3 Å². The van der Waals surface area contributed by atoms with Crippen LogP contribution in [0.25, 0.3) is 0 Å². The quantitative estimate of drug-likeness (QED) is 0.796. The Morgan fingerprint density at radius 2 is 2.22 bits per heavy atom. The molecule has 128 valence electrons. The highest BCUT2D eigenvalue weighted by atomic mass is 35.5. The molecule has 6 heteroatoms. The van der Waals surface area contributed by atoms with Gasteiger partial charge in [-0.15, -0.1) is 0 Å². The molecule has 1 aliphatic heterocycles. The van der Waals surface area contributed by atoms with Crippen molar-refractivity contribution in [3.8, 4) is 5.75 Å². The Hall–Kier alpha value is -1.30. The third kappa shape index (κ3) is 6.77. The number of β-amino-alcohol motifs (C(OH)–C–C–N with tert-alkyl or cyclic N) is 1. The molecule has 1 aliphatic rings. The molecule has 0 radical (unpaired) electrons. The number of piperidine rings is 1. The summed E-state index contributed by atoms with van der Waals surface area (Å²) >= 11 is 5.82. The van der Waals surface area contributed by atoms with Crippen LogP contribution in [0.4, 0.5) is 0 Å². The van der Waals surface area contributed by atoms with Crippen LogP contribution in [0.1, 0.15) is 19.8 Å². The number of benzene rings is 1. The summed E-state index contributed by atoms with van der Waals surface area (Å²) in [6, 6.07) is 7.11. The first-order chi connectivity index (χ1) is 11.0. The number of aliphatic hydroxyl groups excluding tert-OH is 1. The molecule has 2 unspecified atom stereocenters. The van der Waals surface area contributed by atoms with Crippen molar-refractivity contribution < 1.29 is 14.6 Å². The maximum atomic E-state index is 11.0. The summed E-state index contributed by atoms with van der Waals surface area (Å²) < 4.78 is 5.58. The average molecular weight is 341 g/mol. The number of hydrogen-bond acceptors (Lipinski definition) is 4. The Kier molecular flexibility index (Phi) is 7.15. The fourth-order valence-electron chi connectivity index (χ4n) is 2.85. The van der Waals surface area contributed by atoms with Crippen LogP contribution < -0.4 is 10.1 Å². The number of nitrogens with one attached hydrogen (secondary N) is 1. The maximum absolute atomic E-state index is 11.0. The van der Waals surface area contributed by atoms with Crippen molar-refractivity contribution in [2.45, 2.75) is 25.9 Å². The number of aliphatic hydroxyl groups is 1. The van der Waals surface area contributed by atoms with E-state index in [-0.39, 0.29) is 12.5 Å². The van der Waals surface area contributed by atoms with E-state index in [9.17, 15) is 9.90 Å². The Morgan fingerprint density at radius 1 is 1.48 bits per heavy atom. The molecule has 1 heterocycles. The van der Waals surface area contributed by atoms with Crippen molar-refractivity contribution in [1.29, 1.82) is 0 Å². The van der Waals surface area contributed by atoms with Gasteiger partial charge in [0.15, 0.2) is 0 Å². The zero-order valence-corrected chi connectivity index (χ0v) is 14.3. The number of halogens is 1. The predicted octanol–water partition coefficient (Wildman–Crippen LogP) is 1.93. The zero-order valence-electron chi connectivity index (χ0n) is 13.5. The summed E-state index contributed by atoms with van der Waals surface area (Å²) in [6.07, 6.45) is 1.67. The number of carbonyl (C=O) groups is 1. The molecule has 1 aromatic rings. The lowest BCUT2D eigenvalue weighted by atomic mass is 9.97. The normalized spacial score (nSPS) is 20.0. The van der Waals surface area contributed by atoms with Gasteiger partial charge in [-0.3, -0.25) is 4.79 Å². The Bertz CT molecular complexity index is 495. The molecule has 23 heavy (non-hydrogen) atoms. The summed E-state index contributed by atoms with van der Waals surface area (Å²) in [5, 5.41) is 13.7. The van der Waals surface area contributed by atoms with Crippen molar-refractivity contribution in [3.05, 3.63) is 29.3 Å². The van der Waals surface area contributed by atoms with Gasteiger partial charge in [0.25, 0.3) is 0 Å². The second-order valence-corrected chi connectivity index (χ2v) is 6.56. The summed E-state index contributed by atoms with van der Waals surface area (Å²) in [4.78, 5) is 13.2. The van der Waals surface area contributed by atoms with Gasteiger partial charge in [-0.05, 0) is 49.6 Å². The van der Waals surface area contributed by atoms with E-state index in [1.54, 1.807) is 31.2 Å². The third-order valence-corrected chi connectivity index (χ3v) is 4.22. The standard InChI is InChI=1S/C17H25ClN2O3/c1-13(21)19-9-14-3-2-8-20(10-14)11-16(22)12-23-17-6-4-15(18)5-7-17/h4-7,14,16,22H,2-3,8-12H2,1H3,(H,19,21). The number of rotatable bonds is 7. The first-order valence-corrected chi connectivity index (χ1v) is 8.44. The molecule has 0 saturated carbocycles. The SMILES string of the molecule is CC(=O)NCC1CCCN(CC(O)COc2ccc(Cl)cc2)C1. The van der Waals surface area contributed by atoms with Gasteiger partial charge in [-0.25, -0.2) is 0 Å². The van der Waals surface area contributed by atoms with Crippen molar-refractivity contribution in [1.82, 2.24) is 10.2 Å². The topological polar surface area (TPSA) is 61.8 Å². The smallest absolute Gasteiger partial charge is 0.216 e. The zero-order chi connectivity index (χ0) is 16.7. The monoisotopic (exact) mass is 340 g/mol. The molecular formula is C17H25ClN2O3. The van der Waals surface area contributed by atoms with Crippen LogP contribution in [0.5, 0.6) is 5.75 Å². The van der Waals surface area contributed by atoms with Gasteiger partial charge in [0.2, 0.25) is 5.91 Å². The molecule has 0 spiro atoms. The van der Waals surface area contributed by atoms with E-state index in [0.717, 1.165) is 25.9 Å². The first kappa shape index (κ1) is 18.0. The van der Waals surface area contributed by atoms with Crippen LogP contribution in [0, 0.1) is 5.92 Å². The van der Waals surface area contributed by atoms with Crippen molar-refractivity contribution >= 4 is 17.5 Å². The average Bonchev–Trinajstić information content (AvgIpc) is 2.53. The molecule has 1 fully saturated rings. The Morgan fingerprint density at radius 3 is 2.91 bits per heavy atom. The molecule has 2 N–H and O–H groups in total. The Labute approximate surface area is 142 Å². The molecule has 1 saturated heterocycles. The highest BCUT2D eigenvalue weighted by Crippen LogP contribution is 2.17. The second kappa shape index (κ2) is 9.11. The molecule has 2 rings (SSSR count). The molecule has 1 amide bonds. The van der Waals surface area contributed by atoms with Gasteiger partial charge < -0.3 is 20.1 Å². The summed E-state index contributed by atoms with van der Waals surface area (Å²) in [5.74, 6) is 1.17. The largest absolute Gasteiger partial charge is 0.491 e. The Balaban J connectivity index is 1.70. The lowest BCUT2D eigenvalue weighted by Crippen LogP contribution is -2.44. The van der Waals surface area contributed by atoms with Crippen LogP contribution in [-0.2, 0) is 4.79 Å². The maximum Gasteiger partial charge on any atom is 0.216 e. The van der Waals surface area contributed by atoms with E-state index >= 15 is 0 Å². The highest BCUT2D eigenvalue weighted by Gasteiger charge is 2.22. The van der Waals surface area contributed by atoms with Gasteiger partial charge in [0.1, 0.15) is 18.5 Å². The van der Waals surface area contributed by atoms with Crippen LogP contribution in [-0.4, -0.2) is 54.8 Å². The molecule has 2 atom stereocenters. The van der Waals surface area contributed by atoms with Gasteiger partial charge in [0, 0.05) is 31.6 Å². The molecule has 0 aliphatic carbocycles. The minimum atomic E-state index is -0.537. The van der Waals surface area contributed by atoms with Crippen molar-refractivity contribution in [2.24, 2.45) is 5.92 Å². The molecule has 5 nitrogen and oxygen atoms in total. The number of ether oxygens (including phenoxy) is 1. The predicted molar refractivity (Wildman–Crippen MR) is 90.8 cm³/mol. The van der Waals surface area contributed by atoms with Crippen molar-refractivity contribution in [2.75, 3.05) is 32.8 Å². The highest BCUT2D eigenvalue weighted by molar-refractivity contribution is 6.30. The lowest BCUT2D eigenvalue weighted by Gasteiger charge is -2.33. The van der Waals surface area contributed by atoms with E-state index in [1.165, 1.54) is 0 Å². The van der Waals surface area contributed by atoms with Gasteiger partial charge in [0.05, 0.1) is 0 Å². The van der Waals surface area contributed by atoms with E-state index < -0.39 is 6.10 Å². The van der Waals surface area contributed by atoms with E-state index in [1.807, 2.05) is 0 Å². The van der Waals surface area contributed by atoms with Gasteiger partial charge >= 0.3 is 0 Å². The van der Waals surface area contributed by atoms with E-state index in [2.05, 4.69) is 10.2 Å². The molecular weight excluding hydrogens is 316 g/mol. The summed E-state index contributed by atoms with van der Waals surface area (Å²) in [6.45, 7) is 4.98. The number of nitrogens with zero attached hydrogens (tertiary/aromatic N) is 1.